The molecule has 0 fully saturated rings. The van der Waals surface area contributed by atoms with E-state index in [-0.39, 0.29) is 23.7 Å². The smallest absolute Gasteiger partial charge is 0.264 e. The number of nitrogens with zero attached hydrogens (tertiary/aromatic N) is 1. The molecule has 0 aliphatic carbocycles. The lowest BCUT2D eigenvalue weighted by atomic mass is 10.1. The van der Waals surface area contributed by atoms with Gasteiger partial charge < -0.3 is 9.84 Å². The summed E-state index contributed by atoms with van der Waals surface area (Å²) in [5, 5.41) is 8.79. The quantitative estimate of drug-likeness (QED) is 0.814. The lowest BCUT2D eigenvalue weighted by Gasteiger charge is -2.10. The summed E-state index contributed by atoms with van der Waals surface area (Å²) in [6.45, 7) is 1.13. The molecule has 1 aromatic heterocycles. The zero-order valence-electron chi connectivity index (χ0n) is 7.92. The molecule has 0 aliphatic heterocycles. The van der Waals surface area contributed by atoms with Crippen molar-refractivity contribution in [1.29, 1.82) is 0 Å². The molecule has 1 N–H and O–H groups in total. The van der Waals surface area contributed by atoms with Crippen molar-refractivity contribution in [1.82, 2.24) is 4.98 Å². The first kappa shape index (κ1) is 10.8. The Hall–Kier alpha value is -1.23. The molecule has 0 aliphatic rings. The molecule has 5 heteroatoms. The Morgan fingerprint density at radius 2 is 2.21 bits per heavy atom. The summed E-state index contributed by atoms with van der Waals surface area (Å²) in [5.41, 5.74) is 0.336. The monoisotopic (exact) mass is 203 g/mol. The Bertz CT molecular complexity index is 329. The predicted octanol–water partition coefficient (Wildman–Crippen LogP) is 1.83. The van der Waals surface area contributed by atoms with Gasteiger partial charge in [0.05, 0.1) is 19.4 Å². The summed E-state index contributed by atoms with van der Waals surface area (Å²) in [6, 6.07) is 1.18. The fourth-order valence-electron chi connectivity index (χ4n) is 1.16. The van der Waals surface area contributed by atoms with Crippen LogP contribution in [0.15, 0.2) is 6.07 Å². The maximum atomic E-state index is 12.5. The highest BCUT2D eigenvalue weighted by Crippen LogP contribution is 2.28. The fourth-order valence-corrected chi connectivity index (χ4v) is 1.16. The van der Waals surface area contributed by atoms with Gasteiger partial charge in [0.15, 0.2) is 0 Å². The van der Waals surface area contributed by atoms with Crippen LogP contribution in [0.25, 0.3) is 0 Å². The molecule has 14 heavy (non-hydrogen) atoms. The van der Waals surface area contributed by atoms with Crippen molar-refractivity contribution in [3.05, 3.63) is 22.9 Å². The molecule has 0 atom stereocenters. The second-order valence-corrected chi connectivity index (χ2v) is 2.80. The third-order valence-electron chi connectivity index (χ3n) is 1.91. The molecular weight excluding hydrogens is 192 g/mol. The van der Waals surface area contributed by atoms with Gasteiger partial charge in [0, 0.05) is 11.1 Å². The third kappa shape index (κ3) is 1.98. The number of aromatic nitrogens is 1. The van der Waals surface area contributed by atoms with Crippen molar-refractivity contribution < 1.29 is 18.6 Å². The third-order valence-corrected chi connectivity index (χ3v) is 1.91. The number of alkyl halides is 2. The number of hydrogen-bond acceptors (Lipinski definition) is 3. The van der Waals surface area contributed by atoms with E-state index >= 15 is 0 Å². The minimum atomic E-state index is -2.59. The van der Waals surface area contributed by atoms with E-state index in [1.807, 2.05) is 0 Å². The molecule has 0 radical (unpaired) electrons. The molecule has 78 valence electrons. The van der Waals surface area contributed by atoms with Crippen molar-refractivity contribution in [3.8, 4) is 5.88 Å². The molecule has 1 aromatic rings. The number of halogens is 2. The Morgan fingerprint density at radius 3 is 2.64 bits per heavy atom. The van der Waals surface area contributed by atoms with E-state index in [4.69, 9.17) is 9.84 Å². The Labute approximate surface area is 80.3 Å². The van der Waals surface area contributed by atoms with Crippen LogP contribution in [0.5, 0.6) is 5.88 Å². The predicted molar refractivity (Wildman–Crippen MR) is 46.4 cm³/mol. The largest absolute Gasteiger partial charge is 0.481 e. The van der Waals surface area contributed by atoms with Crippen LogP contribution < -0.4 is 4.74 Å². The summed E-state index contributed by atoms with van der Waals surface area (Å²) in [7, 11) is 1.35. The average Bonchev–Trinajstić information content (AvgIpc) is 2.17. The molecule has 0 spiro atoms. The number of ether oxygens (including phenoxy) is 1. The molecule has 0 saturated heterocycles. The van der Waals surface area contributed by atoms with Gasteiger partial charge in [-0.25, -0.2) is 13.8 Å². The van der Waals surface area contributed by atoms with Crippen LogP contribution in [0, 0.1) is 6.92 Å². The van der Waals surface area contributed by atoms with Gasteiger partial charge >= 0.3 is 0 Å². The Balaban J connectivity index is 3.27. The maximum absolute atomic E-state index is 12.5. The molecular formula is C9H11F2NO2. The maximum Gasteiger partial charge on any atom is 0.264 e. The van der Waals surface area contributed by atoms with Gasteiger partial charge in [-0.3, -0.25) is 0 Å². The van der Waals surface area contributed by atoms with E-state index < -0.39 is 6.43 Å². The lowest BCUT2D eigenvalue weighted by molar-refractivity contribution is 0.149. The standard InChI is InChI=1S/C9H11F2NO2/c1-5-7(8(10)11)3-6(4-13)12-9(5)14-2/h3,8,13H,4H2,1-2H3. The second kappa shape index (κ2) is 4.32. The summed E-state index contributed by atoms with van der Waals surface area (Å²) in [6.07, 6.45) is -2.59. The number of aliphatic hydroxyl groups is 1. The highest BCUT2D eigenvalue weighted by Gasteiger charge is 2.16. The number of rotatable bonds is 3. The van der Waals surface area contributed by atoms with Crippen molar-refractivity contribution in [2.45, 2.75) is 20.0 Å². The lowest BCUT2D eigenvalue weighted by Crippen LogP contribution is -2.01. The van der Waals surface area contributed by atoms with Gasteiger partial charge in [-0.05, 0) is 13.0 Å². The summed E-state index contributed by atoms with van der Waals surface area (Å²) < 4.78 is 29.8. The number of aliphatic hydroxyl groups excluding tert-OH is 1. The minimum absolute atomic E-state index is 0.131. The Kier molecular flexibility index (Phi) is 3.35. The van der Waals surface area contributed by atoms with Gasteiger partial charge in [0.25, 0.3) is 6.43 Å². The fraction of sp³-hybridized carbons (Fsp3) is 0.444. The van der Waals surface area contributed by atoms with Crippen LogP contribution in [0.1, 0.15) is 23.2 Å². The summed E-state index contributed by atoms with van der Waals surface area (Å²) in [5.74, 6) is 0.131. The molecule has 1 rings (SSSR count). The van der Waals surface area contributed by atoms with E-state index in [1.54, 1.807) is 0 Å². The van der Waals surface area contributed by atoms with Gasteiger partial charge in [-0.2, -0.15) is 0 Å². The van der Waals surface area contributed by atoms with Crippen LogP contribution >= 0.6 is 0 Å². The zero-order valence-corrected chi connectivity index (χ0v) is 7.92. The molecule has 0 unspecified atom stereocenters. The van der Waals surface area contributed by atoms with Gasteiger partial charge in [-0.15, -0.1) is 0 Å². The molecule has 3 nitrogen and oxygen atoms in total. The van der Waals surface area contributed by atoms with Crippen molar-refractivity contribution in [2.75, 3.05) is 7.11 Å². The molecule has 0 saturated carbocycles. The normalized spacial score (nSPS) is 10.7. The van der Waals surface area contributed by atoms with Gasteiger partial charge in [0.2, 0.25) is 5.88 Å². The first-order valence-electron chi connectivity index (χ1n) is 4.03. The van der Waals surface area contributed by atoms with Gasteiger partial charge in [0.1, 0.15) is 0 Å². The van der Waals surface area contributed by atoms with Crippen LogP contribution in [0.3, 0.4) is 0 Å². The summed E-state index contributed by atoms with van der Waals surface area (Å²) in [4.78, 5) is 3.85. The van der Waals surface area contributed by atoms with E-state index in [0.717, 1.165) is 0 Å². The van der Waals surface area contributed by atoms with Gasteiger partial charge in [-0.1, -0.05) is 0 Å². The SMILES string of the molecule is COc1nc(CO)cc(C(F)F)c1C. The van der Waals surface area contributed by atoms with Crippen molar-refractivity contribution in [3.63, 3.8) is 0 Å². The zero-order chi connectivity index (χ0) is 10.7. The van der Waals surface area contributed by atoms with E-state index in [9.17, 15) is 8.78 Å². The number of methoxy groups -OCH3 is 1. The first-order chi connectivity index (χ1) is 6.60. The number of hydrogen-bond donors (Lipinski definition) is 1. The summed E-state index contributed by atoms with van der Waals surface area (Å²) >= 11 is 0. The molecule has 0 amide bonds. The van der Waals surface area contributed by atoms with Crippen LogP contribution in [-0.2, 0) is 6.61 Å². The van der Waals surface area contributed by atoms with Crippen molar-refractivity contribution >= 4 is 0 Å². The van der Waals surface area contributed by atoms with E-state index in [1.165, 1.54) is 20.1 Å². The highest BCUT2D eigenvalue weighted by atomic mass is 19.3. The van der Waals surface area contributed by atoms with E-state index in [0.29, 0.717) is 5.56 Å². The molecule has 1 heterocycles. The van der Waals surface area contributed by atoms with Crippen LogP contribution in [-0.4, -0.2) is 17.2 Å². The first-order valence-corrected chi connectivity index (χ1v) is 4.03. The molecule has 0 bridgehead atoms. The molecule has 0 aromatic carbocycles. The second-order valence-electron chi connectivity index (χ2n) is 2.80. The van der Waals surface area contributed by atoms with E-state index in [2.05, 4.69) is 4.98 Å². The van der Waals surface area contributed by atoms with Crippen LogP contribution in [0.2, 0.25) is 0 Å². The van der Waals surface area contributed by atoms with Crippen molar-refractivity contribution in [2.24, 2.45) is 0 Å². The average molecular weight is 203 g/mol. The number of pyridine rings is 1. The topological polar surface area (TPSA) is 42.4 Å². The Morgan fingerprint density at radius 1 is 1.57 bits per heavy atom. The highest BCUT2D eigenvalue weighted by molar-refractivity contribution is 5.36. The van der Waals surface area contributed by atoms with Crippen LogP contribution in [0.4, 0.5) is 8.78 Å². The minimum Gasteiger partial charge on any atom is -0.481 e.